The highest BCUT2D eigenvalue weighted by Crippen LogP contribution is 2.21. The monoisotopic (exact) mass is 219 g/mol. The average Bonchev–Trinajstić information content (AvgIpc) is 2.12. The molecule has 0 rings (SSSR count). The van der Waals surface area contributed by atoms with Crippen LogP contribution in [0.25, 0.3) is 0 Å². The average molecular weight is 219 g/mol. The topological polar surface area (TPSA) is 97.7 Å². The van der Waals surface area contributed by atoms with Gasteiger partial charge in [0.05, 0.1) is 20.6 Å². The van der Waals surface area contributed by atoms with Gasteiger partial charge in [0.2, 0.25) is 5.54 Å². The lowest BCUT2D eigenvalue weighted by molar-refractivity contribution is -0.923. The molecule has 0 aliphatic carbocycles. The molecule has 0 amide bonds. The third kappa shape index (κ3) is 2.45. The van der Waals surface area contributed by atoms with Crippen LogP contribution in [-0.2, 0) is 9.59 Å². The van der Waals surface area contributed by atoms with Gasteiger partial charge in [0.15, 0.2) is 0 Å². The van der Waals surface area contributed by atoms with Gasteiger partial charge in [0.1, 0.15) is 5.97 Å². The van der Waals surface area contributed by atoms with Crippen LogP contribution in [0.5, 0.6) is 0 Å². The van der Waals surface area contributed by atoms with E-state index in [1.54, 1.807) is 0 Å². The number of carbonyl (C=O) groups is 2. The molecule has 0 radical (unpaired) electrons. The summed E-state index contributed by atoms with van der Waals surface area (Å²) in [6.07, 6.45) is 0.336. The van der Waals surface area contributed by atoms with Crippen molar-refractivity contribution in [3.8, 4) is 0 Å². The van der Waals surface area contributed by atoms with Crippen LogP contribution in [-0.4, -0.2) is 59.4 Å². The van der Waals surface area contributed by atoms with E-state index in [4.69, 9.17) is 10.2 Å². The number of likely N-dealkylation sites (N-methyl/N-ethyl adjacent to an activating group) is 1. The molecule has 0 saturated carbocycles. The van der Waals surface area contributed by atoms with Crippen LogP contribution < -0.4 is 5.11 Å². The largest absolute Gasteiger partial charge is 0.543 e. The van der Waals surface area contributed by atoms with Gasteiger partial charge < -0.3 is 24.6 Å². The maximum atomic E-state index is 11.0. The van der Waals surface area contributed by atoms with Gasteiger partial charge in [0.25, 0.3) is 0 Å². The Balaban J connectivity index is 5.07. The Morgan fingerprint density at radius 1 is 1.40 bits per heavy atom. The molecule has 88 valence electrons. The van der Waals surface area contributed by atoms with Crippen LogP contribution in [0.2, 0.25) is 0 Å². The fraction of sp³-hybridized carbons (Fsp3) is 0.778. The van der Waals surface area contributed by atoms with Crippen LogP contribution in [0.4, 0.5) is 0 Å². The van der Waals surface area contributed by atoms with Crippen LogP contribution in [0.15, 0.2) is 0 Å². The summed E-state index contributed by atoms with van der Waals surface area (Å²) in [5.74, 6) is -3.07. The Bertz CT molecular complexity index is 247. The van der Waals surface area contributed by atoms with Crippen molar-refractivity contribution in [2.45, 2.75) is 18.9 Å². The number of carbonyl (C=O) groups excluding carboxylic acids is 1. The van der Waals surface area contributed by atoms with Crippen molar-refractivity contribution in [2.24, 2.45) is 0 Å². The first-order valence-corrected chi connectivity index (χ1v) is 4.59. The molecule has 0 bridgehead atoms. The van der Waals surface area contributed by atoms with E-state index >= 15 is 0 Å². The van der Waals surface area contributed by atoms with Crippen molar-refractivity contribution in [3.05, 3.63) is 0 Å². The molecule has 6 heteroatoms. The van der Waals surface area contributed by atoms with Crippen molar-refractivity contribution < 1.29 is 29.4 Å². The first-order chi connectivity index (χ1) is 6.70. The summed E-state index contributed by atoms with van der Waals surface area (Å²) in [6, 6.07) is 0. The van der Waals surface area contributed by atoms with E-state index in [-0.39, 0.29) is 17.6 Å². The predicted octanol–water partition coefficient (Wildman–Crippen LogP) is -1.96. The van der Waals surface area contributed by atoms with Gasteiger partial charge in [-0.2, -0.15) is 0 Å². The summed E-state index contributed by atoms with van der Waals surface area (Å²) in [7, 11) is 2.97. The number of hydrogen-bond donors (Lipinski definition) is 2. The minimum Gasteiger partial charge on any atom is -0.543 e. The molecule has 6 nitrogen and oxygen atoms in total. The molecule has 15 heavy (non-hydrogen) atoms. The summed E-state index contributed by atoms with van der Waals surface area (Å²) < 4.78 is -0.273. The first kappa shape index (κ1) is 13.9. The minimum atomic E-state index is -2.00. The number of aliphatic hydroxyl groups is 1. The quantitative estimate of drug-likeness (QED) is 0.399. The molecule has 0 aromatic rings. The van der Waals surface area contributed by atoms with Gasteiger partial charge in [-0.1, -0.05) is 0 Å². The fourth-order valence-electron chi connectivity index (χ4n) is 1.28. The minimum absolute atomic E-state index is 0.107. The zero-order chi connectivity index (χ0) is 12.3. The maximum absolute atomic E-state index is 11.0. The zero-order valence-corrected chi connectivity index (χ0v) is 9.19. The van der Waals surface area contributed by atoms with Crippen molar-refractivity contribution in [2.75, 3.05) is 27.2 Å². The number of rotatable bonds is 6. The highest BCUT2D eigenvalue weighted by atomic mass is 16.4. The Morgan fingerprint density at radius 3 is 2.13 bits per heavy atom. The lowest BCUT2D eigenvalue weighted by atomic mass is 9.97. The van der Waals surface area contributed by atoms with Crippen molar-refractivity contribution in [3.63, 3.8) is 0 Å². The SMILES string of the molecule is CC(C(=O)[O-])(C(=O)O)[N+](C)(C)CCCO. The number of hydrogen-bond acceptors (Lipinski definition) is 4. The van der Waals surface area contributed by atoms with Crippen LogP contribution in [0.1, 0.15) is 13.3 Å². The molecule has 0 aromatic heterocycles. The van der Waals surface area contributed by atoms with E-state index in [1.165, 1.54) is 14.1 Å². The van der Waals surface area contributed by atoms with E-state index in [0.29, 0.717) is 6.42 Å². The molecule has 2 N–H and O–H groups in total. The normalized spacial score (nSPS) is 15.7. The number of nitrogens with zero attached hydrogens (tertiary/aromatic N) is 1. The van der Waals surface area contributed by atoms with Crippen molar-refractivity contribution in [1.82, 2.24) is 0 Å². The third-order valence-corrected chi connectivity index (χ3v) is 2.90. The molecule has 1 unspecified atom stereocenters. The van der Waals surface area contributed by atoms with Crippen molar-refractivity contribution in [1.29, 1.82) is 0 Å². The number of aliphatic carboxylic acids is 2. The van der Waals surface area contributed by atoms with E-state index in [9.17, 15) is 14.7 Å². The van der Waals surface area contributed by atoms with Gasteiger partial charge in [-0.05, 0) is 0 Å². The Kier molecular flexibility index (Phi) is 4.24. The summed E-state index contributed by atoms with van der Waals surface area (Å²) in [6.45, 7) is 1.25. The Hall–Kier alpha value is -1.14. The molecule has 0 aliphatic heterocycles. The van der Waals surface area contributed by atoms with Crippen LogP contribution in [0.3, 0.4) is 0 Å². The maximum Gasteiger partial charge on any atom is 0.371 e. The molecule has 0 spiro atoms. The molecule has 0 saturated heterocycles. The number of carboxylic acid groups (broad SMARTS) is 2. The fourth-order valence-corrected chi connectivity index (χ4v) is 1.28. The second kappa shape index (κ2) is 4.59. The summed E-state index contributed by atoms with van der Waals surface area (Å²) in [5, 5.41) is 28.5. The second-order valence-corrected chi connectivity index (χ2v) is 4.15. The Morgan fingerprint density at radius 2 is 1.87 bits per heavy atom. The molecular weight excluding hydrogens is 202 g/mol. The third-order valence-electron chi connectivity index (χ3n) is 2.90. The summed E-state index contributed by atoms with van der Waals surface area (Å²) >= 11 is 0. The standard InChI is InChI=1S/C9H17NO5/c1-9(7(12)13,8(14)15)10(2,3)5-4-6-11/h11H,4-6H2,1-3H3,(H-,12,13,14,15). The van der Waals surface area contributed by atoms with Gasteiger partial charge in [0, 0.05) is 20.0 Å². The van der Waals surface area contributed by atoms with E-state index < -0.39 is 17.5 Å². The smallest absolute Gasteiger partial charge is 0.371 e. The lowest BCUT2D eigenvalue weighted by Gasteiger charge is -2.43. The second-order valence-electron chi connectivity index (χ2n) is 4.15. The molecule has 0 aliphatic rings. The van der Waals surface area contributed by atoms with Gasteiger partial charge >= 0.3 is 5.97 Å². The highest BCUT2D eigenvalue weighted by molar-refractivity contribution is 6.00. The van der Waals surface area contributed by atoms with Gasteiger partial charge in [-0.3, -0.25) is 0 Å². The predicted molar refractivity (Wildman–Crippen MR) is 49.7 cm³/mol. The molecule has 1 atom stereocenters. The zero-order valence-electron chi connectivity index (χ0n) is 9.19. The lowest BCUT2D eigenvalue weighted by Crippen LogP contribution is -2.70. The number of carboxylic acids is 2. The van der Waals surface area contributed by atoms with E-state index in [0.717, 1.165) is 6.92 Å². The highest BCUT2D eigenvalue weighted by Gasteiger charge is 2.49. The molecule has 0 heterocycles. The van der Waals surface area contributed by atoms with Gasteiger partial charge in [-0.25, -0.2) is 4.79 Å². The first-order valence-electron chi connectivity index (χ1n) is 4.59. The van der Waals surface area contributed by atoms with Crippen LogP contribution >= 0.6 is 0 Å². The molecule has 0 fully saturated rings. The van der Waals surface area contributed by atoms with Crippen molar-refractivity contribution >= 4 is 11.9 Å². The van der Waals surface area contributed by atoms with Crippen LogP contribution in [0, 0.1) is 0 Å². The Labute approximate surface area is 88.3 Å². The summed E-state index contributed by atoms with van der Waals surface area (Å²) in [5.41, 5.74) is -2.00. The van der Waals surface area contributed by atoms with Gasteiger partial charge in [-0.15, -0.1) is 0 Å². The number of aliphatic hydroxyl groups excluding tert-OH is 1. The number of quaternary nitrogens is 1. The molecule has 0 aromatic carbocycles. The van der Waals surface area contributed by atoms with E-state index in [2.05, 4.69) is 0 Å². The summed E-state index contributed by atoms with van der Waals surface area (Å²) in [4.78, 5) is 21.9. The van der Waals surface area contributed by atoms with E-state index in [1.807, 2.05) is 0 Å². The molecular formula is C9H17NO5.